The van der Waals surface area contributed by atoms with Gasteiger partial charge in [0.15, 0.2) is 0 Å². The average Bonchev–Trinajstić information content (AvgIpc) is 3.40. The van der Waals surface area contributed by atoms with Crippen LogP contribution in [-0.2, 0) is 22.7 Å². The molecule has 29 heavy (non-hydrogen) atoms. The van der Waals surface area contributed by atoms with Gasteiger partial charge in [0.25, 0.3) is 5.91 Å². The Hall–Kier alpha value is -3.66. The van der Waals surface area contributed by atoms with Crippen LogP contribution < -0.4 is 20.9 Å². The first-order valence-corrected chi connectivity index (χ1v) is 9.44. The fourth-order valence-electron chi connectivity index (χ4n) is 2.24. The first-order valence-electron chi connectivity index (χ1n) is 8.56. The molecule has 2 aromatic heterocycles. The van der Waals surface area contributed by atoms with Crippen LogP contribution in [0.5, 0.6) is 5.75 Å². The first-order chi connectivity index (χ1) is 14.0. The van der Waals surface area contributed by atoms with Gasteiger partial charge in [-0.2, -0.15) is 0 Å². The number of amides is 3. The van der Waals surface area contributed by atoms with Crippen molar-refractivity contribution in [1.82, 2.24) is 21.2 Å². The summed E-state index contributed by atoms with van der Waals surface area (Å²) in [5.74, 6) is -1.39. The molecule has 0 unspecified atom stereocenters. The van der Waals surface area contributed by atoms with E-state index in [9.17, 15) is 14.4 Å². The Kier molecular flexibility index (Phi) is 6.59. The Balaban J connectivity index is 1.42. The van der Waals surface area contributed by atoms with Crippen molar-refractivity contribution in [3.05, 3.63) is 70.1 Å². The predicted molar refractivity (Wildman–Crippen MR) is 104 cm³/mol. The number of nitrogens with zero attached hydrogens (tertiary/aromatic N) is 1. The summed E-state index contributed by atoms with van der Waals surface area (Å²) >= 11 is 1.55. The Morgan fingerprint density at radius 3 is 2.55 bits per heavy atom. The number of rotatable bonds is 6. The van der Waals surface area contributed by atoms with E-state index in [1.807, 2.05) is 12.3 Å². The van der Waals surface area contributed by atoms with E-state index in [-0.39, 0.29) is 12.1 Å². The van der Waals surface area contributed by atoms with Crippen molar-refractivity contribution in [2.45, 2.75) is 20.1 Å². The van der Waals surface area contributed by atoms with Gasteiger partial charge in [-0.05, 0) is 43.3 Å². The molecule has 0 radical (unpaired) electrons. The minimum atomic E-state index is -0.997. The highest BCUT2D eigenvalue weighted by molar-refractivity contribution is 7.09. The fourth-order valence-corrected chi connectivity index (χ4v) is 2.83. The molecule has 3 aromatic rings. The van der Waals surface area contributed by atoms with Crippen LogP contribution in [0.3, 0.4) is 0 Å². The quantitative estimate of drug-likeness (QED) is 0.417. The Morgan fingerprint density at radius 1 is 1.10 bits per heavy atom. The standard InChI is InChI=1S/C19H18N4O5S/c1-12-21-14(11-29-12)10-28-15-6-4-13(5-7-15)17(24)22-23-19(26)18(25)20-9-16-3-2-8-27-16/h2-8,11H,9-10H2,1H3,(H,20,25)(H,22,24)(H,23,26). The number of hydrogen-bond acceptors (Lipinski definition) is 7. The predicted octanol–water partition coefficient (Wildman–Crippen LogP) is 1.70. The van der Waals surface area contributed by atoms with Crippen LogP contribution in [-0.4, -0.2) is 22.7 Å². The number of hydrazine groups is 1. The van der Waals surface area contributed by atoms with Crippen molar-refractivity contribution in [2.24, 2.45) is 0 Å². The summed E-state index contributed by atoms with van der Waals surface area (Å²) in [5, 5.41) is 5.25. The molecule has 0 aliphatic rings. The number of aromatic nitrogens is 1. The van der Waals surface area contributed by atoms with E-state index >= 15 is 0 Å². The van der Waals surface area contributed by atoms with Gasteiger partial charge < -0.3 is 14.5 Å². The smallest absolute Gasteiger partial charge is 0.327 e. The minimum absolute atomic E-state index is 0.0646. The average molecular weight is 414 g/mol. The van der Waals surface area contributed by atoms with Crippen LogP contribution in [0.15, 0.2) is 52.5 Å². The molecule has 150 valence electrons. The van der Waals surface area contributed by atoms with Crippen LogP contribution >= 0.6 is 11.3 Å². The first kappa shape index (κ1) is 20.1. The van der Waals surface area contributed by atoms with Gasteiger partial charge in [-0.1, -0.05) is 0 Å². The number of nitrogens with one attached hydrogen (secondary N) is 3. The van der Waals surface area contributed by atoms with Crippen LogP contribution in [0, 0.1) is 6.92 Å². The second kappa shape index (κ2) is 9.51. The largest absolute Gasteiger partial charge is 0.487 e. The molecule has 0 aliphatic carbocycles. The van der Waals surface area contributed by atoms with Gasteiger partial charge in [0.2, 0.25) is 0 Å². The summed E-state index contributed by atoms with van der Waals surface area (Å²) in [6, 6.07) is 9.67. The molecule has 3 amide bonds. The van der Waals surface area contributed by atoms with Gasteiger partial charge in [0.1, 0.15) is 18.1 Å². The highest BCUT2D eigenvalue weighted by Gasteiger charge is 2.15. The molecule has 0 saturated carbocycles. The lowest BCUT2D eigenvalue weighted by atomic mass is 10.2. The van der Waals surface area contributed by atoms with E-state index in [0.29, 0.717) is 18.1 Å². The Morgan fingerprint density at radius 2 is 1.90 bits per heavy atom. The van der Waals surface area contributed by atoms with Crippen LogP contribution in [0.25, 0.3) is 0 Å². The molecule has 9 nitrogen and oxygen atoms in total. The zero-order valence-electron chi connectivity index (χ0n) is 15.4. The molecular formula is C19H18N4O5S. The number of thiazole rings is 1. The maximum atomic E-state index is 12.1. The number of carbonyl (C=O) groups excluding carboxylic acids is 3. The maximum absolute atomic E-state index is 12.1. The molecule has 1 aromatic carbocycles. The summed E-state index contributed by atoms with van der Waals surface area (Å²) in [6.07, 6.45) is 1.46. The van der Waals surface area contributed by atoms with E-state index in [2.05, 4.69) is 21.2 Å². The van der Waals surface area contributed by atoms with Crippen molar-refractivity contribution < 1.29 is 23.5 Å². The highest BCUT2D eigenvalue weighted by Crippen LogP contribution is 2.15. The van der Waals surface area contributed by atoms with Gasteiger partial charge in [0.05, 0.1) is 23.5 Å². The second-order valence-corrected chi connectivity index (χ2v) is 6.90. The Bertz CT molecular complexity index is 982. The van der Waals surface area contributed by atoms with E-state index in [4.69, 9.17) is 9.15 Å². The number of furan rings is 1. The van der Waals surface area contributed by atoms with Gasteiger partial charge in [-0.3, -0.25) is 25.2 Å². The summed E-state index contributed by atoms with van der Waals surface area (Å²) in [5.41, 5.74) is 5.36. The Labute approximate surface area is 170 Å². The molecular weight excluding hydrogens is 396 g/mol. The van der Waals surface area contributed by atoms with Gasteiger partial charge in [-0.25, -0.2) is 4.98 Å². The summed E-state index contributed by atoms with van der Waals surface area (Å²) in [7, 11) is 0. The van der Waals surface area contributed by atoms with E-state index in [1.165, 1.54) is 6.26 Å². The monoisotopic (exact) mass is 414 g/mol. The lowest BCUT2D eigenvalue weighted by Crippen LogP contribution is -2.48. The molecule has 0 fully saturated rings. The van der Waals surface area contributed by atoms with E-state index < -0.39 is 17.7 Å². The number of hydrogen-bond donors (Lipinski definition) is 3. The maximum Gasteiger partial charge on any atom is 0.327 e. The zero-order valence-corrected chi connectivity index (χ0v) is 16.2. The summed E-state index contributed by atoms with van der Waals surface area (Å²) < 4.78 is 10.7. The molecule has 0 saturated heterocycles. The summed E-state index contributed by atoms with van der Waals surface area (Å²) in [6.45, 7) is 2.32. The number of aryl methyl sites for hydroxylation is 1. The van der Waals surface area contributed by atoms with E-state index in [0.717, 1.165) is 10.7 Å². The van der Waals surface area contributed by atoms with E-state index in [1.54, 1.807) is 47.7 Å². The third kappa shape index (κ3) is 5.91. The normalized spacial score (nSPS) is 10.2. The highest BCUT2D eigenvalue weighted by atomic mass is 32.1. The molecule has 0 atom stereocenters. The van der Waals surface area contributed by atoms with Crippen molar-refractivity contribution in [1.29, 1.82) is 0 Å². The second-order valence-electron chi connectivity index (χ2n) is 5.84. The van der Waals surface area contributed by atoms with Gasteiger partial charge in [0, 0.05) is 10.9 Å². The third-order valence-electron chi connectivity index (χ3n) is 3.67. The van der Waals surface area contributed by atoms with Crippen LogP contribution in [0.4, 0.5) is 0 Å². The molecule has 10 heteroatoms. The van der Waals surface area contributed by atoms with Crippen molar-refractivity contribution >= 4 is 29.1 Å². The van der Waals surface area contributed by atoms with Gasteiger partial charge >= 0.3 is 11.8 Å². The molecule has 2 heterocycles. The third-order valence-corrected chi connectivity index (χ3v) is 4.49. The minimum Gasteiger partial charge on any atom is -0.487 e. The molecule has 0 bridgehead atoms. The molecule has 3 rings (SSSR count). The molecule has 0 spiro atoms. The lowest BCUT2D eigenvalue weighted by molar-refractivity contribution is -0.139. The van der Waals surface area contributed by atoms with Crippen LogP contribution in [0.1, 0.15) is 26.8 Å². The van der Waals surface area contributed by atoms with Crippen molar-refractivity contribution in [2.75, 3.05) is 0 Å². The molecule has 3 N–H and O–H groups in total. The lowest BCUT2D eigenvalue weighted by Gasteiger charge is -2.08. The fraction of sp³-hybridized carbons (Fsp3) is 0.158. The van der Waals surface area contributed by atoms with Gasteiger partial charge in [-0.15, -0.1) is 11.3 Å². The van der Waals surface area contributed by atoms with Crippen LogP contribution in [0.2, 0.25) is 0 Å². The number of carbonyl (C=O) groups is 3. The van der Waals surface area contributed by atoms with Crippen molar-refractivity contribution in [3.63, 3.8) is 0 Å². The topological polar surface area (TPSA) is 123 Å². The molecule has 0 aliphatic heterocycles. The SMILES string of the molecule is Cc1nc(COc2ccc(C(=O)NNC(=O)C(=O)NCc3ccco3)cc2)cs1. The van der Waals surface area contributed by atoms with Crippen molar-refractivity contribution in [3.8, 4) is 5.75 Å². The number of benzene rings is 1. The number of ether oxygens (including phenoxy) is 1. The zero-order chi connectivity index (χ0) is 20.6. The summed E-state index contributed by atoms with van der Waals surface area (Å²) in [4.78, 5) is 39.8.